The van der Waals surface area contributed by atoms with E-state index in [0.717, 1.165) is 48.8 Å². The van der Waals surface area contributed by atoms with Crippen molar-refractivity contribution in [2.75, 3.05) is 46.0 Å². The van der Waals surface area contributed by atoms with Gasteiger partial charge in [0.2, 0.25) is 5.91 Å². The number of amides is 1. The molecule has 1 aromatic carbocycles. The van der Waals surface area contributed by atoms with Gasteiger partial charge in [0.25, 0.3) is 0 Å². The Morgan fingerprint density at radius 3 is 2.70 bits per heavy atom. The highest BCUT2D eigenvalue weighted by Gasteiger charge is 2.40. The van der Waals surface area contributed by atoms with Crippen molar-refractivity contribution in [3.63, 3.8) is 0 Å². The Morgan fingerprint density at radius 1 is 1.21 bits per heavy atom. The van der Waals surface area contributed by atoms with Crippen molar-refractivity contribution in [3.05, 3.63) is 46.2 Å². The highest BCUT2D eigenvalue weighted by atomic mass is 35.5. The zero-order chi connectivity index (χ0) is 23.4. The van der Waals surface area contributed by atoms with Gasteiger partial charge in [0.1, 0.15) is 5.75 Å². The fourth-order valence-electron chi connectivity index (χ4n) is 4.96. The molecule has 0 bridgehead atoms. The Kier molecular flexibility index (Phi) is 7.62. The van der Waals surface area contributed by atoms with E-state index in [9.17, 15) is 4.79 Å². The predicted molar refractivity (Wildman–Crippen MR) is 129 cm³/mol. The fourth-order valence-corrected chi connectivity index (χ4v) is 5.08. The van der Waals surface area contributed by atoms with Crippen LogP contribution >= 0.6 is 11.6 Å². The minimum absolute atomic E-state index is 0.202. The molecule has 1 aromatic heterocycles. The van der Waals surface area contributed by atoms with Crippen molar-refractivity contribution in [2.45, 2.75) is 39.7 Å². The lowest BCUT2D eigenvalue weighted by Crippen LogP contribution is -2.50. The van der Waals surface area contributed by atoms with Crippen LogP contribution in [0.5, 0.6) is 5.75 Å². The lowest BCUT2D eigenvalue weighted by molar-refractivity contribution is -0.139. The number of ether oxygens (including phenoxy) is 2. The second-order valence-electron chi connectivity index (χ2n) is 9.58. The third kappa shape index (κ3) is 5.89. The number of hydrogen-bond donors (Lipinski definition) is 0. The Bertz CT molecular complexity index is 953. The van der Waals surface area contributed by atoms with Gasteiger partial charge < -0.3 is 14.4 Å². The first-order valence-corrected chi connectivity index (χ1v) is 12.2. The van der Waals surface area contributed by atoms with Crippen LogP contribution in [-0.2, 0) is 23.1 Å². The average molecular weight is 475 g/mol. The van der Waals surface area contributed by atoms with E-state index in [0.29, 0.717) is 39.3 Å². The van der Waals surface area contributed by atoms with E-state index in [2.05, 4.69) is 16.9 Å². The Hall–Kier alpha value is -2.09. The van der Waals surface area contributed by atoms with Crippen LogP contribution < -0.4 is 4.74 Å². The highest BCUT2D eigenvalue weighted by molar-refractivity contribution is 6.31. The summed E-state index contributed by atoms with van der Waals surface area (Å²) in [5.74, 6) is 1.00. The molecule has 1 unspecified atom stereocenters. The molecule has 7 nitrogen and oxygen atoms in total. The largest absolute Gasteiger partial charge is 0.493 e. The van der Waals surface area contributed by atoms with Crippen LogP contribution in [0.15, 0.2) is 24.4 Å². The van der Waals surface area contributed by atoms with E-state index in [1.54, 1.807) is 0 Å². The summed E-state index contributed by atoms with van der Waals surface area (Å²) in [6, 6.07) is 5.75. The van der Waals surface area contributed by atoms with Crippen LogP contribution in [0.1, 0.15) is 36.1 Å². The predicted octanol–water partition coefficient (Wildman–Crippen LogP) is 3.60. The molecule has 0 saturated carbocycles. The third-order valence-electron chi connectivity index (χ3n) is 6.95. The standard InChI is InChI=1S/C25H35ClN4O3/c1-19-13-21(5-6-22(19)26)33-18-25(14-24(31)30-9-11-32-12-10-30)7-4-8-29(17-25)16-23-20(2)15-27-28(23)3/h5-6,13,15H,4,7-12,14,16-18H2,1-3H3. The average Bonchev–Trinajstić information content (AvgIpc) is 3.13. The van der Waals surface area contributed by atoms with Gasteiger partial charge in [-0.05, 0) is 62.6 Å². The van der Waals surface area contributed by atoms with Crippen LogP contribution in [-0.4, -0.2) is 71.5 Å². The molecule has 1 amide bonds. The molecule has 0 aliphatic carbocycles. The van der Waals surface area contributed by atoms with Crippen molar-refractivity contribution in [2.24, 2.45) is 12.5 Å². The van der Waals surface area contributed by atoms with Crippen LogP contribution in [0.25, 0.3) is 0 Å². The van der Waals surface area contributed by atoms with E-state index < -0.39 is 0 Å². The summed E-state index contributed by atoms with van der Waals surface area (Å²) in [4.78, 5) is 17.7. The van der Waals surface area contributed by atoms with Gasteiger partial charge in [-0.25, -0.2) is 0 Å². The molecular weight excluding hydrogens is 440 g/mol. The van der Waals surface area contributed by atoms with E-state index in [4.69, 9.17) is 21.1 Å². The molecule has 0 N–H and O–H groups in total. The summed E-state index contributed by atoms with van der Waals surface area (Å²) in [7, 11) is 1.99. The van der Waals surface area contributed by atoms with Gasteiger partial charge >= 0.3 is 0 Å². The molecule has 3 heterocycles. The lowest BCUT2D eigenvalue weighted by Gasteiger charge is -2.43. The smallest absolute Gasteiger partial charge is 0.223 e. The Labute approximate surface area is 201 Å². The van der Waals surface area contributed by atoms with Crippen molar-refractivity contribution in [1.29, 1.82) is 0 Å². The monoisotopic (exact) mass is 474 g/mol. The molecule has 0 spiro atoms. The maximum atomic E-state index is 13.3. The first kappa shape index (κ1) is 24.0. The van der Waals surface area contributed by atoms with Crippen LogP contribution in [0.2, 0.25) is 5.02 Å². The molecule has 2 fully saturated rings. The van der Waals surface area contributed by atoms with Gasteiger partial charge in [-0.15, -0.1) is 0 Å². The van der Waals surface area contributed by atoms with Crippen LogP contribution in [0.4, 0.5) is 0 Å². The number of aryl methyl sites for hydroxylation is 3. The number of nitrogens with zero attached hydrogens (tertiary/aromatic N) is 4. The van der Waals surface area contributed by atoms with Crippen molar-refractivity contribution in [1.82, 2.24) is 19.6 Å². The summed E-state index contributed by atoms with van der Waals surface area (Å²) in [6.45, 7) is 9.82. The van der Waals surface area contributed by atoms with E-state index in [-0.39, 0.29) is 11.3 Å². The molecule has 2 aliphatic rings. The fraction of sp³-hybridized carbons (Fsp3) is 0.600. The molecule has 33 heavy (non-hydrogen) atoms. The van der Waals surface area contributed by atoms with Gasteiger partial charge in [-0.3, -0.25) is 14.4 Å². The normalized spacial score (nSPS) is 21.9. The zero-order valence-corrected chi connectivity index (χ0v) is 20.7. The molecule has 0 radical (unpaired) electrons. The number of carbonyl (C=O) groups is 1. The quantitative estimate of drug-likeness (QED) is 0.613. The maximum Gasteiger partial charge on any atom is 0.223 e. The third-order valence-corrected chi connectivity index (χ3v) is 7.37. The van der Waals surface area contributed by atoms with Crippen LogP contribution in [0, 0.1) is 19.3 Å². The number of hydrogen-bond acceptors (Lipinski definition) is 5. The molecule has 180 valence electrons. The van der Waals surface area contributed by atoms with Gasteiger partial charge in [0, 0.05) is 50.1 Å². The first-order valence-electron chi connectivity index (χ1n) is 11.8. The second-order valence-corrected chi connectivity index (χ2v) is 9.99. The first-order chi connectivity index (χ1) is 15.8. The van der Waals surface area contributed by atoms with Gasteiger partial charge in [0.05, 0.1) is 31.7 Å². The van der Waals surface area contributed by atoms with Crippen LogP contribution in [0.3, 0.4) is 0 Å². The van der Waals surface area contributed by atoms with Crippen molar-refractivity contribution < 1.29 is 14.3 Å². The minimum atomic E-state index is -0.242. The zero-order valence-electron chi connectivity index (χ0n) is 20.0. The minimum Gasteiger partial charge on any atom is -0.493 e. The highest BCUT2D eigenvalue weighted by Crippen LogP contribution is 2.36. The van der Waals surface area contributed by atoms with Gasteiger partial charge in [0.15, 0.2) is 0 Å². The van der Waals surface area contributed by atoms with Crippen molar-refractivity contribution >= 4 is 17.5 Å². The number of rotatable bonds is 7. The Morgan fingerprint density at radius 2 is 2.00 bits per heavy atom. The summed E-state index contributed by atoms with van der Waals surface area (Å²) in [5, 5.41) is 5.13. The van der Waals surface area contributed by atoms with E-state index in [1.807, 2.05) is 47.9 Å². The SMILES string of the molecule is Cc1cc(OCC2(CC(=O)N3CCOCC3)CCCN(Cc3c(C)cnn3C)C2)ccc1Cl. The summed E-state index contributed by atoms with van der Waals surface area (Å²) >= 11 is 6.19. The number of benzene rings is 1. The number of morpholine rings is 1. The molecule has 2 aromatic rings. The number of carbonyl (C=O) groups excluding carboxylic acids is 1. The van der Waals surface area contributed by atoms with Crippen molar-refractivity contribution in [3.8, 4) is 5.75 Å². The maximum absolute atomic E-state index is 13.3. The molecule has 4 rings (SSSR count). The molecule has 2 saturated heterocycles. The molecule has 8 heteroatoms. The van der Waals surface area contributed by atoms with E-state index >= 15 is 0 Å². The molecule has 1 atom stereocenters. The molecular formula is C25H35ClN4O3. The summed E-state index contributed by atoms with van der Waals surface area (Å²) in [5.41, 5.74) is 3.17. The number of piperidine rings is 1. The lowest BCUT2D eigenvalue weighted by atomic mass is 9.77. The van der Waals surface area contributed by atoms with E-state index in [1.165, 1.54) is 11.3 Å². The summed E-state index contributed by atoms with van der Waals surface area (Å²) < 4.78 is 13.7. The number of likely N-dealkylation sites (tertiary alicyclic amines) is 1. The van der Waals surface area contributed by atoms with Gasteiger partial charge in [-0.2, -0.15) is 5.10 Å². The topological polar surface area (TPSA) is 59.8 Å². The number of halogens is 1. The Balaban J connectivity index is 1.51. The second kappa shape index (κ2) is 10.5. The molecule has 2 aliphatic heterocycles. The van der Waals surface area contributed by atoms with Gasteiger partial charge in [-0.1, -0.05) is 11.6 Å². The summed E-state index contributed by atoms with van der Waals surface area (Å²) in [6.07, 6.45) is 4.41. The number of aromatic nitrogens is 2.